The summed E-state index contributed by atoms with van der Waals surface area (Å²) in [6, 6.07) is 2.53. The Morgan fingerprint density at radius 3 is 2.76 bits per heavy atom. The molecule has 0 bridgehead atoms. The number of halogens is 1. The molecule has 3 heteroatoms. The first kappa shape index (κ1) is 14.5. The number of hydrogen-bond acceptors (Lipinski definition) is 2. The van der Waals surface area contributed by atoms with E-state index >= 15 is 0 Å². The van der Waals surface area contributed by atoms with Gasteiger partial charge < -0.3 is 5.32 Å². The van der Waals surface area contributed by atoms with Crippen molar-refractivity contribution >= 4 is 11.6 Å². The van der Waals surface area contributed by atoms with Crippen molar-refractivity contribution in [3.63, 3.8) is 0 Å². The highest BCUT2D eigenvalue weighted by Crippen LogP contribution is 2.18. The Labute approximate surface area is 110 Å². The Bertz CT molecular complexity index is 326. The average Bonchev–Trinajstić information content (AvgIpc) is 2.28. The van der Waals surface area contributed by atoms with Crippen molar-refractivity contribution in [3.05, 3.63) is 29.0 Å². The van der Waals surface area contributed by atoms with E-state index in [1.165, 1.54) is 18.4 Å². The molecule has 0 amide bonds. The van der Waals surface area contributed by atoms with Crippen molar-refractivity contribution < 1.29 is 0 Å². The Morgan fingerprint density at radius 2 is 2.18 bits per heavy atom. The SMILES string of the molecule is CCCNC(Cc1ccncc1Cl)CC(C)C. The molecule has 1 unspecified atom stereocenters. The standard InChI is InChI=1S/C14H23ClN2/c1-4-6-17-13(8-11(2)3)9-12-5-7-16-10-14(12)15/h5,7,10-11,13,17H,4,6,8-9H2,1-3H3. The van der Waals surface area contributed by atoms with E-state index in [0.717, 1.165) is 18.0 Å². The summed E-state index contributed by atoms with van der Waals surface area (Å²) >= 11 is 6.15. The van der Waals surface area contributed by atoms with E-state index in [1.54, 1.807) is 6.20 Å². The van der Waals surface area contributed by atoms with Gasteiger partial charge in [0, 0.05) is 18.4 Å². The topological polar surface area (TPSA) is 24.9 Å². The summed E-state index contributed by atoms with van der Waals surface area (Å²) in [6.07, 6.45) is 6.87. The van der Waals surface area contributed by atoms with Crippen LogP contribution in [0.25, 0.3) is 0 Å². The van der Waals surface area contributed by atoms with E-state index in [-0.39, 0.29) is 0 Å². The number of hydrogen-bond donors (Lipinski definition) is 1. The van der Waals surface area contributed by atoms with Crippen LogP contribution in [0.5, 0.6) is 0 Å². The molecular weight excluding hydrogens is 232 g/mol. The predicted octanol–water partition coefficient (Wildman–Crippen LogP) is 3.69. The van der Waals surface area contributed by atoms with E-state index < -0.39 is 0 Å². The lowest BCUT2D eigenvalue weighted by atomic mass is 9.97. The second kappa shape index (κ2) is 7.67. The highest BCUT2D eigenvalue weighted by atomic mass is 35.5. The zero-order valence-electron chi connectivity index (χ0n) is 11.0. The van der Waals surface area contributed by atoms with Gasteiger partial charge in [0.1, 0.15) is 0 Å². The largest absolute Gasteiger partial charge is 0.314 e. The van der Waals surface area contributed by atoms with Crippen molar-refractivity contribution in [2.45, 2.75) is 46.1 Å². The Morgan fingerprint density at radius 1 is 1.41 bits per heavy atom. The number of nitrogens with zero attached hydrogens (tertiary/aromatic N) is 1. The summed E-state index contributed by atoms with van der Waals surface area (Å²) in [7, 11) is 0. The summed E-state index contributed by atoms with van der Waals surface area (Å²) < 4.78 is 0. The molecule has 2 nitrogen and oxygen atoms in total. The van der Waals surface area contributed by atoms with Crippen LogP contribution in [0.2, 0.25) is 5.02 Å². The summed E-state index contributed by atoms with van der Waals surface area (Å²) in [6.45, 7) is 7.78. The molecule has 0 aliphatic rings. The highest BCUT2D eigenvalue weighted by Gasteiger charge is 2.12. The van der Waals surface area contributed by atoms with Gasteiger partial charge in [-0.15, -0.1) is 0 Å². The molecule has 96 valence electrons. The lowest BCUT2D eigenvalue weighted by molar-refractivity contribution is 0.416. The van der Waals surface area contributed by atoms with Crippen LogP contribution < -0.4 is 5.32 Å². The summed E-state index contributed by atoms with van der Waals surface area (Å²) in [4.78, 5) is 4.02. The molecule has 1 atom stereocenters. The summed E-state index contributed by atoms with van der Waals surface area (Å²) in [5.41, 5.74) is 1.19. The fourth-order valence-electron chi connectivity index (χ4n) is 1.99. The lowest BCUT2D eigenvalue weighted by Gasteiger charge is -2.21. The highest BCUT2D eigenvalue weighted by molar-refractivity contribution is 6.31. The lowest BCUT2D eigenvalue weighted by Crippen LogP contribution is -2.33. The molecule has 0 saturated carbocycles. The van der Waals surface area contributed by atoms with Crippen LogP contribution >= 0.6 is 11.6 Å². The molecule has 1 rings (SSSR count). The van der Waals surface area contributed by atoms with Crippen LogP contribution in [-0.4, -0.2) is 17.6 Å². The van der Waals surface area contributed by atoms with Gasteiger partial charge in [-0.3, -0.25) is 4.98 Å². The number of pyridine rings is 1. The van der Waals surface area contributed by atoms with Gasteiger partial charge >= 0.3 is 0 Å². The van der Waals surface area contributed by atoms with Crippen LogP contribution in [0.3, 0.4) is 0 Å². The quantitative estimate of drug-likeness (QED) is 0.803. The average molecular weight is 255 g/mol. The van der Waals surface area contributed by atoms with Gasteiger partial charge in [0.2, 0.25) is 0 Å². The molecule has 0 radical (unpaired) electrons. The number of rotatable bonds is 7. The van der Waals surface area contributed by atoms with Crippen LogP contribution in [-0.2, 0) is 6.42 Å². The molecule has 1 aromatic heterocycles. The third-order valence-electron chi connectivity index (χ3n) is 2.76. The van der Waals surface area contributed by atoms with E-state index in [0.29, 0.717) is 12.0 Å². The van der Waals surface area contributed by atoms with Gasteiger partial charge in [0.15, 0.2) is 0 Å². The Balaban J connectivity index is 2.61. The zero-order chi connectivity index (χ0) is 12.7. The van der Waals surface area contributed by atoms with E-state index in [4.69, 9.17) is 11.6 Å². The van der Waals surface area contributed by atoms with Crippen LogP contribution in [0, 0.1) is 5.92 Å². The van der Waals surface area contributed by atoms with E-state index in [9.17, 15) is 0 Å². The van der Waals surface area contributed by atoms with Gasteiger partial charge in [-0.1, -0.05) is 32.4 Å². The molecule has 0 aliphatic carbocycles. The molecule has 1 aromatic rings. The smallest absolute Gasteiger partial charge is 0.0621 e. The Kier molecular flexibility index (Phi) is 6.53. The van der Waals surface area contributed by atoms with Crippen molar-refractivity contribution in [2.24, 2.45) is 5.92 Å². The van der Waals surface area contributed by atoms with Crippen molar-refractivity contribution in [3.8, 4) is 0 Å². The maximum absolute atomic E-state index is 6.15. The molecular formula is C14H23ClN2. The first-order chi connectivity index (χ1) is 8.13. The van der Waals surface area contributed by atoms with E-state index in [1.807, 2.05) is 12.3 Å². The first-order valence-corrected chi connectivity index (χ1v) is 6.83. The fourth-order valence-corrected chi connectivity index (χ4v) is 2.19. The fraction of sp³-hybridized carbons (Fsp3) is 0.643. The maximum atomic E-state index is 6.15. The third-order valence-corrected chi connectivity index (χ3v) is 3.10. The number of nitrogens with one attached hydrogen (secondary N) is 1. The summed E-state index contributed by atoms with van der Waals surface area (Å²) in [5.74, 6) is 0.699. The van der Waals surface area contributed by atoms with Gasteiger partial charge in [-0.25, -0.2) is 0 Å². The molecule has 0 aliphatic heterocycles. The van der Waals surface area contributed by atoms with E-state index in [2.05, 4.69) is 31.1 Å². The minimum absolute atomic E-state index is 0.509. The van der Waals surface area contributed by atoms with Crippen molar-refractivity contribution in [2.75, 3.05) is 6.54 Å². The second-order valence-corrected chi connectivity index (χ2v) is 5.36. The molecule has 1 heterocycles. The number of aromatic nitrogens is 1. The monoisotopic (exact) mass is 254 g/mol. The molecule has 0 aromatic carbocycles. The van der Waals surface area contributed by atoms with Gasteiger partial charge in [-0.05, 0) is 43.4 Å². The van der Waals surface area contributed by atoms with Gasteiger partial charge in [0.25, 0.3) is 0 Å². The molecule has 1 N–H and O–H groups in total. The normalized spacial score (nSPS) is 13.0. The first-order valence-electron chi connectivity index (χ1n) is 6.45. The molecule has 0 saturated heterocycles. The van der Waals surface area contributed by atoms with Crippen LogP contribution in [0.1, 0.15) is 39.2 Å². The molecule has 0 fully saturated rings. The van der Waals surface area contributed by atoms with Gasteiger partial charge in [0.05, 0.1) is 5.02 Å². The van der Waals surface area contributed by atoms with Crippen molar-refractivity contribution in [1.82, 2.24) is 10.3 Å². The maximum Gasteiger partial charge on any atom is 0.0621 e. The van der Waals surface area contributed by atoms with Gasteiger partial charge in [-0.2, -0.15) is 0 Å². The Hall–Kier alpha value is -0.600. The summed E-state index contributed by atoms with van der Waals surface area (Å²) in [5, 5.41) is 4.37. The third kappa shape index (κ3) is 5.51. The predicted molar refractivity (Wildman–Crippen MR) is 74.5 cm³/mol. The molecule has 17 heavy (non-hydrogen) atoms. The van der Waals surface area contributed by atoms with Crippen LogP contribution in [0.4, 0.5) is 0 Å². The van der Waals surface area contributed by atoms with Crippen LogP contribution in [0.15, 0.2) is 18.5 Å². The minimum atomic E-state index is 0.509. The minimum Gasteiger partial charge on any atom is -0.314 e. The second-order valence-electron chi connectivity index (χ2n) is 4.95. The molecule has 0 spiro atoms. The van der Waals surface area contributed by atoms with Crippen molar-refractivity contribution in [1.29, 1.82) is 0 Å². The zero-order valence-corrected chi connectivity index (χ0v) is 11.8.